The molecule has 2 amide bonds. The van der Waals surface area contributed by atoms with Crippen molar-refractivity contribution in [2.24, 2.45) is 5.92 Å². The number of hydrogen-bond donors (Lipinski definition) is 3. The van der Waals surface area contributed by atoms with E-state index in [2.05, 4.69) is 17.6 Å². The fourth-order valence-corrected chi connectivity index (χ4v) is 2.39. The molecule has 3 N–H and O–H groups in total. The van der Waals surface area contributed by atoms with Gasteiger partial charge in [0.15, 0.2) is 0 Å². The molecule has 0 bridgehead atoms. The van der Waals surface area contributed by atoms with Gasteiger partial charge in [0, 0.05) is 13.1 Å². The maximum Gasteiger partial charge on any atom is 0.314 e. The fourth-order valence-electron chi connectivity index (χ4n) is 2.39. The minimum atomic E-state index is -0.497. The van der Waals surface area contributed by atoms with Crippen LogP contribution >= 0.6 is 0 Å². The molecular weight excluding hydrogens is 206 g/mol. The molecule has 1 rings (SSSR count). The number of rotatable bonds is 2. The molecule has 94 valence electrons. The van der Waals surface area contributed by atoms with Crippen molar-refractivity contribution < 1.29 is 9.90 Å². The molecule has 5 heteroatoms. The number of hydrogen-bond acceptors (Lipinski definition) is 3. The first-order valence-corrected chi connectivity index (χ1v) is 5.78. The van der Waals surface area contributed by atoms with Crippen LogP contribution in [0.4, 0.5) is 4.79 Å². The van der Waals surface area contributed by atoms with Gasteiger partial charge in [0.25, 0.3) is 0 Å². The molecule has 0 aromatic heterocycles. The summed E-state index contributed by atoms with van der Waals surface area (Å²) in [5.41, 5.74) is 0. The number of carbonyl (C=O) groups is 1. The number of likely N-dealkylation sites (N-methyl/N-ethyl adjacent to an activating group) is 1. The zero-order valence-corrected chi connectivity index (χ0v) is 10.5. The third-order valence-electron chi connectivity index (χ3n) is 3.31. The Morgan fingerprint density at radius 1 is 1.38 bits per heavy atom. The predicted octanol–water partition coefficient (Wildman–Crippen LogP) is 0.00500. The Labute approximate surface area is 97.2 Å². The quantitative estimate of drug-likeness (QED) is 0.625. The number of nitrogens with one attached hydrogen (secondary N) is 2. The van der Waals surface area contributed by atoms with Gasteiger partial charge >= 0.3 is 6.03 Å². The van der Waals surface area contributed by atoms with E-state index in [0.29, 0.717) is 5.92 Å². The Hall–Kier alpha value is -0.810. The highest BCUT2D eigenvalue weighted by atomic mass is 16.3. The highest BCUT2D eigenvalue weighted by molar-refractivity contribution is 5.73. The molecule has 1 aliphatic carbocycles. The van der Waals surface area contributed by atoms with E-state index in [1.54, 1.807) is 7.05 Å². The van der Waals surface area contributed by atoms with E-state index in [9.17, 15) is 9.90 Å². The molecular formula is C11H23N3O2. The van der Waals surface area contributed by atoms with Gasteiger partial charge in [0.05, 0.1) is 12.1 Å². The Bertz CT molecular complexity index is 245. The van der Waals surface area contributed by atoms with Crippen molar-refractivity contribution >= 4 is 6.03 Å². The molecule has 5 nitrogen and oxygen atoms in total. The second-order valence-corrected chi connectivity index (χ2v) is 4.93. The Kier molecular flexibility index (Phi) is 4.56. The highest BCUT2D eigenvalue weighted by Crippen LogP contribution is 2.27. The van der Waals surface area contributed by atoms with Crippen LogP contribution in [0.5, 0.6) is 0 Å². The van der Waals surface area contributed by atoms with Crippen molar-refractivity contribution in [1.82, 2.24) is 15.5 Å². The van der Waals surface area contributed by atoms with Crippen LogP contribution in [0.2, 0.25) is 0 Å². The highest BCUT2D eigenvalue weighted by Gasteiger charge is 2.36. The second kappa shape index (κ2) is 5.50. The fraction of sp³-hybridized carbons (Fsp3) is 0.909. The van der Waals surface area contributed by atoms with Gasteiger partial charge in [-0.1, -0.05) is 6.92 Å². The van der Waals surface area contributed by atoms with E-state index in [-0.39, 0.29) is 18.1 Å². The monoisotopic (exact) mass is 229 g/mol. The number of aliphatic hydroxyl groups is 1. The average Bonchev–Trinajstić information content (AvgIpc) is 2.22. The molecule has 1 unspecified atom stereocenters. The van der Waals surface area contributed by atoms with Crippen LogP contribution in [0.25, 0.3) is 0 Å². The van der Waals surface area contributed by atoms with Crippen molar-refractivity contribution in [2.45, 2.75) is 38.0 Å². The minimum absolute atomic E-state index is 0.117. The summed E-state index contributed by atoms with van der Waals surface area (Å²) in [6.07, 6.45) is 1.31. The van der Waals surface area contributed by atoms with Crippen LogP contribution in [-0.4, -0.2) is 55.4 Å². The van der Waals surface area contributed by atoms with Crippen LogP contribution in [0.15, 0.2) is 0 Å². The van der Waals surface area contributed by atoms with Crippen molar-refractivity contribution in [1.29, 1.82) is 0 Å². The average molecular weight is 229 g/mol. The van der Waals surface area contributed by atoms with Gasteiger partial charge in [0.2, 0.25) is 0 Å². The summed E-state index contributed by atoms with van der Waals surface area (Å²) in [6, 6.07) is -0.266. The maximum absolute atomic E-state index is 11.3. The molecule has 0 aromatic carbocycles. The van der Waals surface area contributed by atoms with E-state index in [4.69, 9.17) is 0 Å². The van der Waals surface area contributed by atoms with Crippen LogP contribution in [0.1, 0.15) is 19.8 Å². The van der Waals surface area contributed by atoms with Gasteiger partial charge in [-0.2, -0.15) is 0 Å². The molecule has 0 aliphatic heterocycles. The molecule has 0 aromatic rings. The number of aliphatic hydroxyl groups excluding tert-OH is 1. The summed E-state index contributed by atoms with van der Waals surface area (Å²) < 4.78 is 0. The van der Waals surface area contributed by atoms with Crippen LogP contribution in [-0.2, 0) is 0 Å². The van der Waals surface area contributed by atoms with Gasteiger partial charge in [-0.05, 0) is 32.9 Å². The molecule has 0 heterocycles. The molecule has 4 atom stereocenters. The van der Waals surface area contributed by atoms with Crippen LogP contribution in [0.3, 0.4) is 0 Å². The second-order valence-electron chi connectivity index (χ2n) is 4.93. The Morgan fingerprint density at radius 3 is 2.50 bits per heavy atom. The molecule has 0 saturated heterocycles. The summed E-state index contributed by atoms with van der Waals surface area (Å²) in [6.45, 7) is 2.15. The standard InChI is InChI=1S/C11H23N3O2/c1-7-5-8(13-11(16)12-2)10(15)9(6-7)14(3)4/h7-10,15H,5-6H2,1-4H3,(H2,12,13,16)/t7-,8?,9-,10-/m0/s1. The summed E-state index contributed by atoms with van der Waals surface area (Å²) >= 11 is 0. The van der Waals surface area contributed by atoms with Gasteiger partial charge < -0.3 is 20.6 Å². The predicted molar refractivity (Wildman–Crippen MR) is 63.3 cm³/mol. The summed E-state index contributed by atoms with van der Waals surface area (Å²) in [5, 5.41) is 15.5. The van der Waals surface area contributed by atoms with Crippen molar-refractivity contribution in [2.75, 3.05) is 21.1 Å². The minimum Gasteiger partial charge on any atom is -0.389 e. The first-order chi connectivity index (χ1) is 7.45. The smallest absolute Gasteiger partial charge is 0.314 e. The van der Waals surface area contributed by atoms with Crippen LogP contribution < -0.4 is 10.6 Å². The first-order valence-electron chi connectivity index (χ1n) is 5.78. The van der Waals surface area contributed by atoms with Crippen molar-refractivity contribution in [3.63, 3.8) is 0 Å². The number of amides is 2. The lowest BCUT2D eigenvalue weighted by atomic mass is 9.81. The van der Waals surface area contributed by atoms with Crippen molar-refractivity contribution in [3.8, 4) is 0 Å². The summed E-state index contributed by atoms with van der Waals surface area (Å²) in [7, 11) is 5.50. The van der Waals surface area contributed by atoms with E-state index in [0.717, 1.165) is 12.8 Å². The van der Waals surface area contributed by atoms with Crippen molar-refractivity contribution in [3.05, 3.63) is 0 Å². The first kappa shape index (κ1) is 13.3. The third-order valence-corrected chi connectivity index (χ3v) is 3.31. The molecule has 16 heavy (non-hydrogen) atoms. The molecule has 0 radical (unpaired) electrons. The van der Waals surface area contributed by atoms with E-state index >= 15 is 0 Å². The lowest BCUT2D eigenvalue weighted by Crippen LogP contribution is -2.57. The number of nitrogens with zero attached hydrogens (tertiary/aromatic N) is 1. The van der Waals surface area contributed by atoms with E-state index in [1.165, 1.54) is 0 Å². The maximum atomic E-state index is 11.3. The lowest BCUT2D eigenvalue weighted by molar-refractivity contribution is 0.00445. The summed E-state index contributed by atoms with van der Waals surface area (Å²) in [4.78, 5) is 13.3. The molecule has 1 saturated carbocycles. The Morgan fingerprint density at radius 2 is 2.00 bits per heavy atom. The van der Waals surface area contributed by atoms with Gasteiger partial charge in [-0.3, -0.25) is 0 Å². The zero-order chi connectivity index (χ0) is 12.3. The Balaban J connectivity index is 2.65. The number of carbonyl (C=O) groups excluding carboxylic acids is 1. The van der Waals surface area contributed by atoms with Gasteiger partial charge in [-0.25, -0.2) is 4.79 Å². The van der Waals surface area contributed by atoms with E-state index in [1.807, 2.05) is 19.0 Å². The molecule has 1 aliphatic rings. The van der Waals surface area contributed by atoms with E-state index < -0.39 is 6.10 Å². The van der Waals surface area contributed by atoms with Gasteiger partial charge in [0.1, 0.15) is 0 Å². The molecule has 0 spiro atoms. The zero-order valence-electron chi connectivity index (χ0n) is 10.5. The van der Waals surface area contributed by atoms with Gasteiger partial charge in [-0.15, -0.1) is 0 Å². The normalized spacial score (nSPS) is 34.9. The molecule has 1 fully saturated rings. The topological polar surface area (TPSA) is 64.6 Å². The largest absolute Gasteiger partial charge is 0.389 e. The number of urea groups is 1. The third kappa shape index (κ3) is 3.09. The SMILES string of the molecule is CNC(=O)NC1C[C@H](C)C[C@H](N(C)C)[C@H]1O. The lowest BCUT2D eigenvalue weighted by Gasteiger charge is -2.41. The summed E-state index contributed by atoms with van der Waals surface area (Å²) in [5.74, 6) is 0.512. The van der Waals surface area contributed by atoms with Crippen LogP contribution in [0, 0.1) is 5.92 Å².